The second-order valence-corrected chi connectivity index (χ2v) is 5.13. The molecule has 2 rings (SSSR count). The Kier molecular flexibility index (Phi) is 4.72. The molecule has 112 valence electrons. The van der Waals surface area contributed by atoms with Crippen LogP contribution in [0.25, 0.3) is 0 Å². The predicted molar refractivity (Wildman–Crippen MR) is 77.1 cm³/mol. The van der Waals surface area contributed by atoms with Crippen LogP contribution >= 0.6 is 15.9 Å². The molecule has 1 aromatic carbocycles. The Bertz CT molecular complexity index is 632. The summed E-state index contributed by atoms with van der Waals surface area (Å²) in [5.74, 6) is 0.365. The zero-order valence-corrected chi connectivity index (χ0v) is 12.6. The minimum absolute atomic E-state index is 0.181. The molecule has 21 heavy (non-hydrogen) atoms. The molecule has 0 saturated heterocycles. The fourth-order valence-electron chi connectivity index (χ4n) is 1.70. The summed E-state index contributed by atoms with van der Waals surface area (Å²) in [6, 6.07) is 9.56. The van der Waals surface area contributed by atoms with Crippen LogP contribution in [0.2, 0.25) is 0 Å². The lowest BCUT2D eigenvalue weighted by molar-refractivity contribution is -0.274. The first kappa shape index (κ1) is 15.6. The fourth-order valence-corrected chi connectivity index (χ4v) is 1.92. The van der Waals surface area contributed by atoms with Gasteiger partial charge in [0.2, 0.25) is 0 Å². The lowest BCUT2D eigenvalue weighted by Crippen LogP contribution is -2.18. The largest absolute Gasteiger partial charge is 0.573 e. The van der Waals surface area contributed by atoms with Crippen LogP contribution < -0.4 is 10.1 Å². The highest BCUT2D eigenvalue weighted by Crippen LogP contribution is 2.26. The van der Waals surface area contributed by atoms with Crippen LogP contribution in [-0.4, -0.2) is 11.3 Å². The molecule has 0 unspecified atom stereocenters. The minimum Gasteiger partial charge on any atom is -0.405 e. The number of nitrogens with one attached hydrogen (secondary N) is 1. The summed E-state index contributed by atoms with van der Waals surface area (Å²) in [6.07, 6.45) is -4.71. The summed E-state index contributed by atoms with van der Waals surface area (Å²) in [5.41, 5.74) is 1.19. The first-order valence-electron chi connectivity index (χ1n) is 6.06. The van der Waals surface area contributed by atoms with Gasteiger partial charge in [-0.25, -0.2) is 4.98 Å². The third-order valence-electron chi connectivity index (χ3n) is 2.68. The van der Waals surface area contributed by atoms with Crippen molar-refractivity contribution in [2.45, 2.75) is 19.8 Å². The summed E-state index contributed by atoms with van der Waals surface area (Å²) >= 11 is 3.33. The van der Waals surface area contributed by atoms with E-state index in [1.54, 1.807) is 18.2 Å². The number of anilines is 1. The van der Waals surface area contributed by atoms with E-state index in [9.17, 15) is 13.2 Å². The topological polar surface area (TPSA) is 34.2 Å². The molecule has 2 aromatic rings. The molecule has 0 aliphatic rings. The Morgan fingerprint density at radius 2 is 1.90 bits per heavy atom. The predicted octanol–water partition coefficient (Wildman–Crippen LogP) is 4.66. The molecule has 1 N–H and O–H groups in total. The van der Waals surface area contributed by atoms with Crippen LogP contribution in [0.3, 0.4) is 0 Å². The van der Waals surface area contributed by atoms with Crippen molar-refractivity contribution < 1.29 is 17.9 Å². The molecular weight excluding hydrogens is 349 g/mol. The molecule has 7 heteroatoms. The van der Waals surface area contributed by atoms with Crippen LogP contribution in [0.4, 0.5) is 19.0 Å². The summed E-state index contributed by atoms with van der Waals surface area (Å²) in [5, 5.41) is 2.98. The number of halogens is 4. The van der Waals surface area contributed by atoms with Crippen LogP contribution in [-0.2, 0) is 6.54 Å². The number of alkyl halides is 3. The van der Waals surface area contributed by atoms with Crippen molar-refractivity contribution in [3.8, 4) is 5.75 Å². The van der Waals surface area contributed by atoms with Crippen molar-refractivity contribution in [1.29, 1.82) is 0 Å². The zero-order chi connectivity index (χ0) is 15.5. The second kappa shape index (κ2) is 6.34. The van der Waals surface area contributed by atoms with Gasteiger partial charge in [-0.15, -0.1) is 13.2 Å². The number of ether oxygens (including phenoxy) is 1. The van der Waals surface area contributed by atoms with Crippen molar-refractivity contribution in [1.82, 2.24) is 4.98 Å². The van der Waals surface area contributed by atoms with E-state index in [1.165, 1.54) is 12.1 Å². The van der Waals surface area contributed by atoms with Gasteiger partial charge >= 0.3 is 6.36 Å². The molecule has 0 bridgehead atoms. The molecule has 0 fully saturated rings. The lowest BCUT2D eigenvalue weighted by atomic mass is 10.2. The van der Waals surface area contributed by atoms with Gasteiger partial charge in [0.15, 0.2) is 0 Å². The Morgan fingerprint density at radius 3 is 2.57 bits per heavy atom. The number of pyridine rings is 1. The highest BCUT2D eigenvalue weighted by Gasteiger charge is 2.31. The number of benzene rings is 1. The summed E-state index contributed by atoms with van der Waals surface area (Å²) in [4.78, 5) is 4.27. The van der Waals surface area contributed by atoms with Crippen molar-refractivity contribution in [3.05, 3.63) is 52.1 Å². The van der Waals surface area contributed by atoms with Gasteiger partial charge in [-0.1, -0.05) is 18.2 Å². The highest BCUT2D eigenvalue weighted by molar-refractivity contribution is 9.10. The maximum atomic E-state index is 12.3. The van der Waals surface area contributed by atoms with Gasteiger partial charge in [0.05, 0.1) is 5.69 Å². The number of para-hydroxylation sites is 1. The summed E-state index contributed by atoms with van der Waals surface area (Å²) < 4.78 is 41.8. The molecule has 0 saturated carbocycles. The number of rotatable bonds is 4. The highest BCUT2D eigenvalue weighted by atomic mass is 79.9. The van der Waals surface area contributed by atoms with Crippen molar-refractivity contribution >= 4 is 21.7 Å². The van der Waals surface area contributed by atoms with Gasteiger partial charge in [0.25, 0.3) is 0 Å². The van der Waals surface area contributed by atoms with E-state index >= 15 is 0 Å². The van der Waals surface area contributed by atoms with E-state index in [2.05, 4.69) is 31.0 Å². The first-order chi connectivity index (χ1) is 9.85. The number of aryl methyl sites for hydroxylation is 1. The van der Waals surface area contributed by atoms with Crippen LogP contribution in [0.15, 0.2) is 40.9 Å². The molecular formula is C14H12BrF3N2O. The molecule has 1 aromatic heterocycles. The number of hydrogen-bond acceptors (Lipinski definition) is 3. The molecule has 3 nitrogen and oxygen atoms in total. The average Bonchev–Trinajstić information content (AvgIpc) is 2.40. The minimum atomic E-state index is -4.71. The maximum Gasteiger partial charge on any atom is 0.573 e. The third kappa shape index (κ3) is 4.63. The third-order valence-corrected chi connectivity index (χ3v) is 3.52. The smallest absolute Gasteiger partial charge is 0.405 e. The van der Waals surface area contributed by atoms with Gasteiger partial charge in [0, 0.05) is 16.6 Å². The maximum absolute atomic E-state index is 12.3. The second-order valence-electron chi connectivity index (χ2n) is 4.27. The van der Waals surface area contributed by atoms with Crippen LogP contribution in [0, 0.1) is 6.92 Å². The lowest BCUT2D eigenvalue weighted by Gasteiger charge is -2.14. The standard InChI is InChI=1S/C14H12BrF3N2O/c1-9-11(15)6-7-13(20-9)19-8-10-4-2-3-5-12(10)21-14(16,17)18/h2-7H,8H2,1H3,(H,19,20). The van der Waals surface area contributed by atoms with Crippen LogP contribution in [0.1, 0.15) is 11.3 Å². The molecule has 0 atom stereocenters. The zero-order valence-electron chi connectivity index (χ0n) is 11.0. The van der Waals surface area contributed by atoms with Gasteiger partial charge in [-0.05, 0) is 41.1 Å². The Hall–Kier alpha value is -1.76. The fraction of sp³-hybridized carbons (Fsp3) is 0.214. The molecule has 0 amide bonds. The van der Waals surface area contributed by atoms with Gasteiger partial charge in [-0.2, -0.15) is 0 Å². The number of nitrogens with zero attached hydrogens (tertiary/aromatic N) is 1. The van der Waals surface area contributed by atoms with Gasteiger partial charge in [0.1, 0.15) is 11.6 Å². The molecule has 0 aliphatic heterocycles. The normalized spacial score (nSPS) is 11.3. The van der Waals surface area contributed by atoms with Gasteiger partial charge in [-0.3, -0.25) is 0 Å². The number of hydrogen-bond donors (Lipinski definition) is 1. The monoisotopic (exact) mass is 360 g/mol. The molecule has 1 heterocycles. The van der Waals surface area contributed by atoms with E-state index in [0.29, 0.717) is 11.4 Å². The number of aromatic nitrogens is 1. The van der Waals surface area contributed by atoms with E-state index in [-0.39, 0.29) is 12.3 Å². The van der Waals surface area contributed by atoms with E-state index in [4.69, 9.17) is 0 Å². The van der Waals surface area contributed by atoms with Crippen LogP contribution in [0.5, 0.6) is 5.75 Å². The molecule has 0 radical (unpaired) electrons. The Labute approximate surface area is 128 Å². The Morgan fingerprint density at radius 1 is 1.19 bits per heavy atom. The van der Waals surface area contributed by atoms with E-state index in [1.807, 2.05) is 13.0 Å². The quantitative estimate of drug-likeness (QED) is 0.860. The molecule has 0 spiro atoms. The average molecular weight is 361 g/mol. The van der Waals surface area contributed by atoms with Crippen molar-refractivity contribution in [2.75, 3.05) is 5.32 Å². The molecule has 0 aliphatic carbocycles. The van der Waals surface area contributed by atoms with E-state index in [0.717, 1.165) is 10.2 Å². The SMILES string of the molecule is Cc1nc(NCc2ccccc2OC(F)(F)F)ccc1Br. The Balaban J connectivity index is 2.11. The van der Waals surface area contributed by atoms with Crippen molar-refractivity contribution in [2.24, 2.45) is 0 Å². The summed E-state index contributed by atoms with van der Waals surface area (Å²) in [7, 11) is 0. The van der Waals surface area contributed by atoms with Gasteiger partial charge < -0.3 is 10.1 Å². The first-order valence-corrected chi connectivity index (χ1v) is 6.85. The van der Waals surface area contributed by atoms with E-state index < -0.39 is 6.36 Å². The summed E-state index contributed by atoms with van der Waals surface area (Å²) in [6.45, 7) is 2.01. The van der Waals surface area contributed by atoms with Crippen molar-refractivity contribution in [3.63, 3.8) is 0 Å².